The lowest BCUT2D eigenvalue weighted by Crippen LogP contribution is -2.27. The lowest BCUT2D eigenvalue weighted by Gasteiger charge is -2.08. The molecule has 8 heteroatoms. The Morgan fingerprint density at radius 3 is 2.55 bits per heavy atom. The summed E-state index contributed by atoms with van der Waals surface area (Å²) in [4.78, 5) is 45.8. The van der Waals surface area contributed by atoms with Crippen LogP contribution in [0, 0.1) is 0 Å². The molecule has 0 saturated heterocycles. The van der Waals surface area contributed by atoms with Crippen LogP contribution in [0.3, 0.4) is 0 Å². The number of anilines is 1. The highest BCUT2D eigenvalue weighted by atomic mass is 32.1. The Hall–Kier alpha value is -3.65. The first-order valence-electron chi connectivity index (χ1n) is 8.84. The molecule has 4 rings (SSSR count). The number of carbonyl (C=O) groups is 2. The van der Waals surface area contributed by atoms with Gasteiger partial charge in [-0.15, -0.1) is 0 Å². The number of thiazole rings is 1. The molecule has 0 aliphatic heterocycles. The second-order valence-electron chi connectivity index (χ2n) is 6.34. The summed E-state index contributed by atoms with van der Waals surface area (Å²) in [6, 6.07) is 16.4. The average molecular weight is 404 g/mol. The molecule has 0 atom stereocenters. The predicted molar refractivity (Wildman–Crippen MR) is 112 cm³/mol. The Bertz CT molecular complexity index is 1280. The second kappa shape index (κ2) is 7.76. The molecule has 4 aromatic rings. The Morgan fingerprint density at radius 1 is 1.07 bits per heavy atom. The predicted octanol–water partition coefficient (Wildman–Crippen LogP) is 3.36. The van der Waals surface area contributed by atoms with Gasteiger partial charge in [-0.3, -0.25) is 19.0 Å². The summed E-state index contributed by atoms with van der Waals surface area (Å²) in [5.74, 6) is -0.537. The number of nitrogens with zero attached hydrogens (tertiary/aromatic N) is 3. The fraction of sp³-hybridized carbons (Fsp3) is 0.0952. The average Bonchev–Trinajstić information content (AvgIpc) is 3.15. The Labute approximate surface area is 169 Å². The van der Waals surface area contributed by atoms with E-state index in [0.29, 0.717) is 26.7 Å². The summed E-state index contributed by atoms with van der Waals surface area (Å²) < 4.78 is 1.36. The third kappa shape index (κ3) is 3.83. The zero-order chi connectivity index (χ0) is 20.4. The SMILES string of the molecule is CC(=O)c1sc(NC(=O)Cn2c(=O)cnc3ccccc32)nc1-c1ccccc1. The first-order valence-corrected chi connectivity index (χ1v) is 9.66. The molecule has 29 heavy (non-hydrogen) atoms. The molecule has 7 nitrogen and oxygen atoms in total. The summed E-state index contributed by atoms with van der Waals surface area (Å²) in [5.41, 5.74) is 2.16. The van der Waals surface area contributed by atoms with Gasteiger partial charge in [0.15, 0.2) is 10.9 Å². The fourth-order valence-electron chi connectivity index (χ4n) is 2.98. The summed E-state index contributed by atoms with van der Waals surface area (Å²) >= 11 is 1.12. The molecule has 0 radical (unpaired) electrons. The van der Waals surface area contributed by atoms with E-state index in [-0.39, 0.29) is 17.9 Å². The molecule has 1 amide bonds. The van der Waals surface area contributed by atoms with Gasteiger partial charge in [0.05, 0.1) is 27.8 Å². The zero-order valence-electron chi connectivity index (χ0n) is 15.5. The number of carbonyl (C=O) groups excluding carboxylic acids is 2. The number of para-hydroxylation sites is 2. The fourth-order valence-corrected chi connectivity index (χ4v) is 3.88. The maximum atomic E-state index is 12.6. The van der Waals surface area contributed by atoms with Crippen LogP contribution >= 0.6 is 11.3 Å². The van der Waals surface area contributed by atoms with Crippen LogP contribution in [0.1, 0.15) is 16.6 Å². The molecule has 0 bridgehead atoms. The van der Waals surface area contributed by atoms with Crippen LogP contribution < -0.4 is 10.9 Å². The van der Waals surface area contributed by atoms with Crippen molar-refractivity contribution in [1.29, 1.82) is 0 Å². The van der Waals surface area contributed by atoms with Crippen LogP contribution in [0.5, 0.6) is 0 Å². The highest BCUT2D eigenvalue weighted by molar-refractivity contribution is 7.18. The normalized spacial score (nSPS) is 10.8. The lowest BCUT2D eigenvalue weighted by molar-refractivity contribution is -0.116. The van der Waals surface area contributed by atoms with E-state index in [2.05, 4.69) is 15.3 Å². The van der Waals surface area contributed by atoms with Crippen LogP contribution in [-0.4, -0.2) is 26.2 Å². The minimum atomic E-state index is -0.410. The lowest BCUT2D eigenvalue weighted by atomic mass is 10.1. The minimum Gasteiger partial charge on any atom is -0.300 e. The Balaban J connectivity index is 1.62. The van der Waals surface area contributed by atoms with Gasteiger partial charge in [-0.2, -0.15) is 0 Å². The van der Waals surface area contributed by atoms with Gasteiger partial charge in [-0.1, -0.05) is 53.8 Å². The standard InChI is InChI=1S/C21H16N4O3S/c1-13(26)20-19(14-7-3-2-4-8-14)24-21(29-20)23-17(27)12-25-16-10-6-5-9-15(16)22-11-18(25)28/h2-11H,12H2,1H3,(H,23,24,27). The van der Waals surface area contributed by atoms with Gasteiger partial charge in [-0.05, 0) is 12.1 Å². The maximum absolute atomic E-state index is 12.6. The van der Waals surface area contributed by atoms with E-state index >= 15 is 0 Å². The van der Waals surface area contributed by atoms with Crippen molar-refractivity contribution >= 4 is 39.2 Å². The largest absolute Gasteiger partial charge is 0.300 e. The molecule has 0 spiro atoms. The number of aromatic nitrogens is 3. The molecular formula is C21H16N4O3S. The molecule has 144 valence electrons. The number of benzene rings is 2. The van der Waals surface area contributed by atoms with Crippen LogP contribution in [-0.2, 0) is 11.3 Å². The van der Waals surface area contributed by atoms with E-state index in [4.69, 9.17) is 0 Å². The van der Waals surface area contributed by atoms with Crippen molar-refractivity contribution in [1.82, 2.24) is 14.5 Å². The van der Waals surface area contributed by atoms with Gasteiger partial charge in [0.2, 0.25) is 5.91 Å². The summed E-state index contributed by atoms with van der Waals surface area (Å²) in [6.07, 6.45) is 1.19. The molecule has 0 saturated carbocycles. The van der Waals surface area contributed by atoms with Crippen LogP contribution in [0.4, 0.5) is 5.13 Å². The van der Waals surface area contributed by atoms with Crippen molar-refractivity contribution < 1.29 is 9.59 Å². The summed E-state index contributed by atoms with van der Waals surface area (Å²) in [7, 11) is 0. The highest BCUT2D eigenvalue weighted by Gasteiger charge is 2.18. The molecule has 0 fully saturated rings. The van der Waals surface area contributed by atoms with Crippen LogP contribution in [0.15, 0.2) is 65.6 Å². The molecule has 2 aromatic heterocycles. The Kier molecular flexibility index (Phi) is 5.01. The molecule has 1 N–H and O–H groups in total. The highest BCUT2D eigenvalue weighted by Crippen LogP contribution is 2.31. The number of fused-ring (bicyclic) bond motifs is 1. The van der Waals surface area contributed by atoms with Crippen molar-refractivity contribution in [2.45, 2.75) is 13.5 Å². The Morgan fingerprint density at radius 2 is 1.79 bits per heavy atom. The minimum absolute atomic E-state index is 0.127. The van der Waals surface area contributed by atoms with Gasteiger partial charge < -0.3 is 5.32 Å². The molecule has 2 aromatic carbocycles. The van der Waals surface area contributed by atoms with Gasteiger partial charge in [0, 0.05) is 12.5 Å². The summed E-state index contributed by atoms with van der Waals surface area (Å²) in [6.45, 7) is 1.28. The van der Waals surface area contributed by atoms with Crippen LogP contribution in [0.25, 0.3) is 22.3 Å². The smallest absolute Gasteiger partial charge is 0.269 e. The van der Waals surface area contributed by atoms with E-state index in [0.717, 1.165) is 16.9 Å². The van der Waals surface area contributed by atoms with Gasteiger partial charge in [0.25, 0.3) is 5.56 Å². The van der Waals surface area contributed by atoms with Gasteiger partial charge in [-0.25, -0.2) is 9.97 Å². The van der Waals surface area contributed by atoms with Gasteiger partial charge in [0.1, 0.15) is 6.54 Å². The molecule has 0 aliphatic rings. The van der Waals surface area contributed by atoms with E-state index in [1.165, 1.54) is 17.7 Å². The number of hydrogen-bond acceptors (Lipinski definition) is 6. The molecule has 0 aliphatic carbocycles. The third-order valence-electron chi connectivity index (χ3n) is 4.29. The quantitative estimate of drug-likeness (QED) is 0.515. The maximum Gasteiger partial charge on any atom is 0.269 e. The first-order chi connectivity index (χ1) is 14.0. The third-order valence-corrected chi connectivity index (χ3v) is 5.37. The summed E-state index contributed by atoms with van der Waals surface area (Å²) in [5, 5.41) is 3.01. The number of hydrogen-bond donors (Lipinski definition) is 1. The first kappa shape index (κ1) is 18.7. The number of Topliss-reactive ketones (excluding diaryl/α,β-unsaturated/α-hetero) is 1. The number of rotatable bonds is 5. The van der Waals surface area contributed by atoms with E-state index in [1.54, 1.807) is 18.2 Å². The molecular weight excluding hydrogens is 388 g/mol. The zero-order valence-corrected chi connectivity index (χ0v) is 16.3. The van der Waals surface area contributed by atoms with Crippen molar-refractivity contribution in [3.8, 4) is 11.3 Å². The topological polar surface area (TPSA) is 94.0 Å². The number of ketones is 1. The van der Waals surface area contributed by atoms with Crippen molar-refractivity contribution in [2.75, 3.05) is 5.32 Å². The van der Waals surface area contributed by atoms with Gasteiger partial charge >= 0.3 is 0 Å². The number of amides is 1. The van der Waals surface area contributed by atoms with Crippen molar-refractivity contribution in [2.24, 2.45) is 0 Å². The van der Waals surface area contributed by atoms with Crippen molar-refractivity contribution in [3.05, 3.63) is 76.0 Å². The van der Waals surface area contributed by atoms with E-state index in [9.17, 15) is 14.4 Å². The second-order valence-corrected chi connectivity index (χ2v) is 7.34. The number of nitrogens with one attached hydrogen (secondary N) is 1. The molecule has 0 unspecified atom stereocenters. The monoisotopic (exact) mass is 404 g/mol. The van der Waals surface area contributed by atoms with Crippen LogP contribution in [0.2, 0.25) is 0 Å². The van der Waals surface area contributed by atoms with Crippen molar-refractivity contribution in [3.63, 3.8) is 0 Å². The van der Waals surface area contributed by atoms with E-state index in [1.807, 2.05) is 36.4 Å². The van der Waals surface area contributed by atoms with E-state index < -0.39 is 5.91 Å². The molecule has 2 heterocycles.